The van der Waals surface area contributed by atoms with E-state index < -0.39 is 33.8 Å². The van der Waals surface area contributed by atoms with Gasteiger partial charge >= 0.3 is 5.97 Å². The van der Waals surface area contributed by atoms with Crippen LogP contribution in [-0.2, 0) is 24.3 Å². The topological polar surface area (TPSA) is 101 Å². The molecule has 1 unspecified atom stereocenters. The number of carbonyl (C=O) groups is 3. The number of anilines is 1. The van der Waals surface area contributed by atoms with Crippen LogP contribution in [0, 0.1) is 0 Å². The molecule has 1 aliphatic heterocycles. The zero-order valence-corrected chi connectivity index (χ0v) is 22.5. The highest BCUT2D eigenvalue weighted by Crippen LogP contribution is 2.32. The Morgan fingerprint density at radius 1 is 1.00 bits per heavy atom. The van der Waals surface area contributed by atoms with Gasteiger partial charge in [0.1, 0.15) is 6.04 Å². The molecule has 2 aliphatic rings. The first kappa shape index (κ1) is 26.8. The van der Waals surface area contributed by atoms with Gasteiger partial charge in [-0.2, -0.15) is 4.31 Å². The summed E-state index contributed by atoms with van der Waals surface area (Å²) in [5.74, 6) is -1.64. The molecule has 1 saturated heterocycles. The van der Waals surface area contributed by atoms with Crippen LogP contribution in [0.1, 0.15) is 48.9 Å². The van der Waals surface area contributed by atoms with Crippen molar-refractivity contribution in [2.75, 3.05) is 18.6 Å². The number of hydrogen-bond acceptors (Lipinski definition) is 6. The largest absolute Gasteiger partial charge is 0.465 e. The summed E-state index contributed by atoms with van der Waals surface area (Å²) >= 11 is 0. The first-order valence-corrected chi connectivity index (χ1v) is 14.5. The van der Waals surface area contributed by atoms with Crippen LogP contribution >= 0.6 is 0 Å². The second-order valence-corrected chi connectivity index (χ2v) is 11.7. The van der Waals surface area contributed by atoms with Gasteiger partial charge in [-0.25, -0.2) is 18.1 Å². The number of fused-ring (bicyclic) bond motifs is 1. The van der Waals surface area contributed by atoms with Gasteiger partial charge in [0.15, 0.2) is 0 Å². The third-order valence-electron chi connectivity index (χ3n) is 7.38. The summed E-state index contributed by atoms with van der Waals surface area (Å²) in [6.07, 6.45) is 6.42. The van der Waals surface area contributed by atoms with Crippen molar-refractivity contribution in [1.82, 2.24) is 4.31 Å². The molecule has 1 atom stereocenters. The molecule has 0 spiro atoms. The number of hydrogen-bond donors (Lipinski definition) is 0. The highest BCUT2D eigenvalue weighted by molar-refractivity contribution is 7.89. The Bertz CT molecular complexity index is 1560. The number of rotatable bonds is 8. The molecule has 1 heterocycles. The maximum atomic E-state index is 14.1. The third-order valence-corrected chi connectivity index (χ3v) is 9.29. The van der Waals surface area contributed by atoms with Crippen LogP contribution in [0.3, 0.4) is 0 Å². The lowest BCUT2D eigenvalue weighted by Gasteiger charge is -2.28. The number of nitrogens with zero attached hydrogens (tertiary/aromatic N) is 2. The molecule has 0 saturated carbocycles. The van der Waals surface area contributed by atoms with Crippen LogP contribution in [-0.4, -0.2) is 50.2 Å². The number of amides is 2. The number of methoxy groups -OCH3 is 1. The first-order chi connectivity index (χ1) is 18.8. The fraction of sp³-hybridized carbons (Fsp3) is 0.300. The summed E-state index contributed by atoms with van der Waals surface area (Å²) in [4.78, 5) is 39.7. The van der Waals surface area contributed by atoms with Crippen LogP contribution < -0.4 is 4.90 Å². The second-order valence-electron chi connectivity index (χ2n) is 9.81. The number of imide groups is 1. The summed E-state index contributed by atoms with van der Waals surface area (Å²) in [6.45, 7) is 0.0970. The molecule has 1 fully saturated rings. The van der Waals surface area contributed by atoms with Gasteiger partial charge in [-0.15, -0.1) is 0 Å². The van der Waals surface area contributed by atoms with Gasteiger partial charge in [0, 0.05) is 6.54 Å². The van der Waals surface area contributed by atoms with Crippen molar-refractivity contribution in [3.8, 4) is 0 Å². The molecule has 0 N–H and O–H groups in total. The number of allylic oxidation sites excluding steroid dienone is 1. The van der Waals surface area contributed by atoms with E-state index in [1.807, 2.05) is 24.3 Å². The Labute approximate surface area is 227 Å². The average Bonchev–Trinajstić information content (AvgIpc) is 3.25. The molecule has 3 aromatic carbocycles. The van der Waals surface area contributed by atoms with Gasteiger partial charge in [-0.05, 0) is 79.3 Å². The summed E-state index contributed by atoms with van der Waals surface area (Å²) in [6, 6.07) is 17.1. The number of ether oxygens (including phenoxy) is 1. The molecule has 1 aliphatic carbocycles. The van der Waals surface area contributed by atoms with E-state index in [9.17, 15) is 22.8 Å². The van der Waals surface area contributed by atoms with Gasteiger partial charge in [-0.3, -0.25) is 9.59 Å². The first-order valence-electron chi connectivity index (χ1n) is 13.0. The van der Waals surface area contributed by atoms with E-state index in [2.05, 4.69) is 6.08 Å². The van der Waals surface area contributed by atoms with E-state index in [-0.39, 0.29) is 29.1 Å². The Hall–Kier alpha value is -3.82. The summed E-state index contributed by atoms with van der Waals surface area (Å²) in [7, 11) is -2.85. The smallest absolute Gasteiger partial charge is 0.337 e. The SMILES string of the molecule is COC(=O)c1ccc(N2C(=O)CC(N(CCC3=CCCCC3)S(=O)(=O)c3ccc4ccccc4c3)C2=O)cc1. The average molecular weight is 547 g/mol. The lowest BCUT2D eigenvalue weighted by Crippen LogP contribution is -2.46. The van der Waals surface area contributed by atoms with Gasteiger partial charge in [-0.1, -0.05) is 42.0 Å². The van der Waals surface area contributed by atoms with Crippen molar-refractivity contribution in [3.63, 3.8) is 0 Å². The summed E-state index contributed by atoms with van der Waals surface area (Å²) in [5, 5.41) is 1.68. The lowest BCUT2D eigenvalue weighted by molar-refractivity contribution is -0.122. The van der Waals surface area contributed by atoms with Crippen LogP contribution in [0.4, 0.5) is 5.69 Å². The Morgan fingerprint density at radius 2 is 1.74 bits per heavy atom. The van der Waals surface area contributed by atoms with Crippen molar-refractivity contribution >= 4 is 44.3 Å². The molecule has 39 heavy (non-hydrogen) atoms. The van der Waals surface area contributed by atoms with Crippen LogP contribution in [0.5, 0.6) is 0 Å². The molecule has 9 heteroatoms. The fourth-order valence-corrected chi connectivity index (χ4v) is 6.89. The number of carbonyl (C=O) groups excluding carboxylic acids is 3. The van der Waals surface area contributed by atoms with E-state index in [1.54, 1.807) is 18.2 Å². The number of benzene rings is 3. The Morgan fingerprint density at radius 3 is 2.44 bits per heavy atom. The minimum absolute atomic E-state index is 0.0833. The standard InChI is InChI=1S/C30H30N2O6S/c1-38-30(35)23-11-14-25(15-12-23)32-28(33)20-27(29(32)34)31(18-17-21-7-3-2-4-8-21)39(36,37)26-16-13-22-9-5-6-10-24(22)19-26/h5-7,9-16,19,27H,2-4,8,17-18,20H2,1H3. The predicted octanol–water partition coefficient (Wildman–Crippen LogP) is 4.84. The van der Waals surface area contributed by atoms with Gasteiger partial charge in [0.25, 0.3) is 5.91 Å². The fourth-order valence-electron chi connectivity index (χ4n) is 5.27. The minimum Gasteiger partial charge on any atom is -0.465 e. The van der Waals surface area contributed by atoms with Crippen molar-refractivity contribution in [3.05, 3.63) is 83.9 Å². The van der Waals surface area contributed by atoms with Gasteiger partial charge in [0.2, 0.25) is 15.9 Å². The lowest BCUT2D eigenvalue weighted by atomic mass is 9.97. The minimum atomic E-state index is -4.11. The molecule has 0 aromatic heterocycles. The summed E-state index contributed by atoms with van der Waals surface area (Å²) in [5.41, 5.74) is 1.73. The van der Waals surface area contributed by atoms with E-state index >= 15 is 0 Å². The molecule has 0 bridgehead atoms. The van der Waals surface area contributed by atoms with E-state index in [1.165, 1.54) is 41.3 Å². The normalized spacial score (nSPS) is 18.1. The van der Waals surface area contributed by atoms with Crippen molar-refractivity contribution in [2.45, 2.75) is 49.5 Å². The molecule has 2 amide bonds. The van der Waals surface area contributed by atoms with E-state index in [4.69, 9.17) is 4.74 Å². The van der Waals surface area contributed by atoms with E-state index in [0.29, 0.717) is 6.42 Å². The Balaban J connectivity index is 1.48. The van der Waals surface area contributed by atoms with Crippen molar-refractivity contribution in [1.29, 1.82) is 0 Å². The molecule has 0 radical (unpaired) electrons. The van der Waals surface area contributed by atoms with E-state index in [0.717, 1.165) is 41.4 Å². The molecular formula is C30H30N2O6S. The van der Waals surface area contributed by atoms with Crippen LogP contribution in [0.25, 0.3) is 10.8 Å². The quantitative estimate of drug-likeness (QED) is 0.228. The second kappa shape index (κ2) is 11.1. The zero-order chi connectivity index (χ0) is 27.6. The van der Waals surface area contributed by atoms with Gasteiger partial charge < -0.3 is 4.74 Å². The third kappa shape index (κ3) is 5.37. The highest BCUT2D eigenvalue weighted by atomic mass is 32.2. The van der Waals surface area contributed by atoms with Gasteiger partial charge in [0.05, 0.1) is 29.7 Å². The van der Waals surface area contributed by atoms with Crippen molar-refractivity contribution in [2.24, 2.45) is 0 Å². The predicted molar refractivity (Wildman–Crippen MR) is 148 cm³/mol. The molecule has 5 rings (SSSR count). The highest BCUT2D eigenvalue weighted by Gasteiger charge is 2.47. The molecular weight excluding hydrogens is 516 g/mol. The molecule has 3 aromatic rings. The van der Waals surface area contributed by atoms with Crippen LogP contribution in [0.2, 0.25) is 0 Å². The monoisotopic (exact) mass is 546 g/mol. The molecule has 202 valence electrons. The maximum Gasteiger partial charge on any atom is 0.337 e. The summed E-state index contributed by atoms with van der Waals surface area (Å²) < 4.78 is 34.0. The number of esters is 1. The van der Waals surface area contributed by atoms with Crippen LogP contribution in [0.15, 0.2) is 83.3 Å². The molecule has 8 nitrogen and oxygen atoms in total. The maximum absolute atomic E-state index is 14.1. The Kier molecular flexibility index (Phi) is 7.63. The zero-order valence-electron chi connectivity index (χ0n) is 21.7. The van der Waals surface area contributed by atoms with Crippen molar-refractivity contribution < 1.29 is 27.5 Å². The number of sulfonamides is 1.